The highest BCUT2D eigenvalue weighted by atomic mass is 15.1. The number of fused-ring (bicyclic) bond motifs is 4. The van der Waals surface area contributed by atoms with E-state index < -0.39 is 6.04 Å². The molecule has 2 nitrogen and oxygen atoms in total. The predicted octanol–water partition coefficient (Wildman–Crippen LogP) is 16.1. The molecule has 11 aromatic rings. The molecule has 0 aliphatic rings. The Balaban J connectivity index is 1.08. The Bertz CT molecular complexity index is 3500. The Morgan fingerprint density at radius 3 is 1.58 bits per heavy atom. The molecule has 0 saturated carbocycles. The van der Waals surface area contributed by atoms with Crippen molar-refractivity contribution in [2.24, 2.45) is 0 Å². The van der Waals surface area contributed by atoms with Gasteiger partial charge in [-0.25, -0.2) is 0 Å². The zero-order valence-electron chi connectivity index (χ0n) is 37.6. The smallest absolute Gasteiger partial charge is 0.0629 e. The van der Waals surface area contributed by atoms with Crippen LogP contribution in [-0.2, 0) is 0 Å². The van der Waals surface area contributed by atoms with E-state index in [1.165, 1.54) is 16.3 Å². The lowest BCUT2D eigenvalue weighted by molar-refractivity contribution is 1.18. The molecule has 0 amide bonds. The maximum atomic E-state index is 8.69. The van der Waals surface area contributed by atoms with Crippen molar-refractivity contribution >= 4 is 49.6 Å². The summed E-state index contributed by atoms with van der Waals surface area (Å²) in [5.41, 5.74) is 13.3. The van der Waals surface area contributed by atoms with Crippen LogP contribution < -0.4 is 4.90 Å². The van der Waals surface area contributed by atoms with E-state index >= 15 is 0 Å². The molecule has 0 spiro atoms. The summed E-state index contributed by atoms with van der Waals surface area (Å²) in [5, 5.41) is 4.67. The lowest BCUT2D eigenvalue weighted by Crippen LogP contribution is -2.10. The minimum atomic E-state index is -0.408. The van der Waals surface area contributed by atoms with Gasteiger partial charge in [0.2, 0.25) is 0 Å². The maximum Gasteiger partial charge on any atom is 0.0629 e. The summed E-state index contributed by atoms with van der Waals surface area (Å²) in [7, 11) is 0. The van der Waals surface area contributed by atoms with E-state index in [0.717, 1.165) is 72.4 Å². The van der Waals surface area contributed by atoms with Crippen LogP contribution in [0.3, 0.4) is 0 Å². The van der Waals surface area contributed by atoms with Crippen molar-refractivity contribution in [2.45, 2.75) is 0 Å². The monoisotopic (exact) mass is 769 g/mol. The van der Waals surface area contributed by atoms with Crippen LogP contribution in [0, 0.1) is 0 Å². The van der Waals surface area contributed by atoms with E-state index in [9.17, 15) is 0 Å². The second kappa shape index (κ2) is 15.1. The Labute approximate surface area is 357 Å². The second-order valence-electron chi connectivity index (χ2n) is 15.0. The fourth-order valence-corrected chi connectivity index (χ4v) is 8.50. The molecule has 0 N–H and O–H groups in total. The van der Waals surface area contributed by atoms with Gasteiger partial charge in [-0.3, -0.25) is 0 Å². The van der Waals surface area contributed by atoms with Gasteiger partial charge in [0.05, 0.1) is 17.9 Å². The quantitative estimate of drug-likeness (QED) is 0.149. The van der Waals surface area contributed by atoms with Crippen LogP contribution in [-0.4, -0.2) is 4.57 Å². The number of aromatic nitrogens is 1. The van der Waals surface area contributed by atoms with Crippen molar-refractivity contribution in [1.29, 1.82) is 0 Å². The summed E-state index contributed by atoms with van der Waals surface area (Å²) < 4.78 is 44.5. The first-order chi connectivity index (χ1) is 31.8. The van der Waals surface area contributed by atoms with Crippen molar-refractivity contribution in [3.05, 3.63) is 243 Å². The topological polar surface area (TPSA) is 8.17 Å². The van der Waals surface area contributed by atoms with Gasteiger partial charge < -0.3 is 9.47 Å². The van der Waals surface area contributed by atoms with Gasteiger partial charge in [0.1, 0.15) is 0 Å². The first-order valence-corrected chi connectivity index (χ1v) is 20.2. The third-order valence-electron chi connectivity index (χ3n) is 11.4. The highest BCUT2D eigenvalue weighted by Crippen LogP contribution is 2.43. The number of benzene rings is 10. The molecule has 2 heteroatoms. The lowest BCUT2D eigenvalue weighted by atomic mass is 9.97. The summed E-state index contributed by atoms with van der Waals surface area (Å²) in [5.74, 6) is 0. The van der Waals surface area contributed by atoms with Crippen molar-refractivity contribution < 1.29 is 6.85 Å². The molecule has 0 atom stereocenters. The molecular weight excluding hydrogens is 725 g/mol. The van der Waals surface area contributed by atoms with E-state index in [1.807, 2.05) is 36.4 Å². The fourth-order valence-electron chi connectivity index (χ4n) is 8.50. The number of hydrogen-bond acceptors (Lipinski definition) is 1. The minimum absolute atomic E-state index is 0.172. The zero-order valence-corrected chi connectivity index (χ0v) is 32.6. The van der Waals surface area contributed by atoms with Gasteiger partial charge in [-0.2, -0.15) is 0 Å². The van der Waals surface area contributed by atoms with Crippen molar-refractivity contribution in [3.8, 4) is 50.2 Å². The van der Waals surface area contributed by atoms with Crippen LogP contribution in [0.2, 0.25) is 0 Å². The molecule has 0 bridgehead atoms. The van der Waals surface area contributed by atoms with E-state index in [1.54, 1.807) is 0 Å². The molecule has 0 unspecified atom stereocenters. The second-order valence-corrected chi connectivity index (χ2v) is 15.0. The van der Waals surface area contributed by atoms with Gasteiger partial charge in [0.15, 0.2) is 0 Å². The molecular formula is C58H40N2. The molecule has 11 rings (SSSR count). The van der Waals surface area contributed by atoms with Crippen molar-refractivity contribution in [1.82, 2.24) is 4.57 Å². The molecule has 1 heterocycles. The summed E-state index contributed by atoms with van der Waals surface area (Å²) in [4.78, 5) is 2.24. The molecule has 0 radical (unpaired) electrons. The van der Waals surface area contributed by atoms with E-state index in [4.69, 9.17) is 6.85 Å². The van der Waals surface area contributed by atoms with Crippen LogP contribution in [0.25, 0.3) is 82.8 Å². The Kier molecular flexibility index (Phi) is 7.59. The standard InChI is InChI=1S/C58H40N2/c1-4-14-41(15-5-1)45-26-30-51(31-27-45)59(54-38-49(42-16-6-2-7-17-42)37-50(39-54)43-18-8-3-9-19-43)53-34-35-58-56(40-53)55-22-12-13-23-57(55)60(58)52-32-28-46(29-33-52)48-25-24-44-20-10-11-21-47(44)36-48/h1-40H/i1D,4D,5D,14D,15D. The zero-order chi connectivity index (χ0) is 44.2. The minimum Gasteiger partial charge on any atom is -0.310 e. The Morgan fingerprint density at radius 2 is 0.867 bits per heavy atom. The number of nitrogens with zero attached hydrogens (tertiary/aromatic N) is 2. The predicted molar refractivity (Wildman–Crippen MR) is 255 cm³/mol. The van der Waals surface area contributed by atoms with E-state index in [2.05, 4.69) is 185 Å². The molecule has 0 fully saturated rings. The van der Waals surface area contributed by atoms with E-state index in [0.29, 0.717) is 5.56 Å². The largest absolute Gasteiger partial charge is 0.310 e. The van der Waals surface area contributed by atoms with E-state index in [-0.39, 0.29) is 29.7 Å². The maximum absolute atomic E-state index is 8.69. The Hall–Kier alpha value is -7.94. The first-order valence-electron chi connectivity index (χ1n) is 22.7. The van der Waals surface area contributed by atoms with Gasteiger partial charge in [-0.05, 0) is 128 Å². The van der Waals surface area contributed by atoms with Crippen LogP contribution in [0.1, 0.15) is 6.85 Å². The van der Waals surface area contributed by atoms with Gasteiger partial charge in [0.25, 0.3) is 0 Å². The number of anilines is 3. The molecule has 282 valence electrons. The van der Waals surface area contributed by atoms with Crippen LogP contribution in [0.5, 0.6) is 0 Å². The van der Waals surface area contributed by atoms with Crippen LogP contribution in [0.4, 0.5) is 17.1 Å². The van der Waals surface area contributed by atoms with Crippen LogP contribution in [0.15, 0.2) is 243 Å². The van der Waals surface area contributed by atoms with Gasteiger partial charge in [0, 0.05) is 33.5 Å². The third kappa shape index (κ3) is 6.51. The third-order valence-corrected chi connectivity index (χ3v) is 11.4. The summed E-state index contributed by atoms with van der Waals surface area (Å²) in [6, 6.07) is 72.6. The van der Waals surface area contributed by atoms with Gasteiger partial charge in [-0.15, -0.1) is 0 Å². The molecule has 0 saturated heterocycles. The fraction of sp³-hybridized carbons (Fsp3) is 0. The molecule has 0 aliphatic carbocycles. The highest BCUT2D eigenvalue weighted by molar-refractivity contribution is 6.11. The van der Waals surface area contributed by atoms with Crippen molar-refractivity contribution in [2.75, 3.05) is 4.90 Å². The lowest BCUT2D eigenvalue weighted by Gasteiger charge is -2.27. The van der Waals surface area contributed by atoms with Gasteiger partial charge >= 0.3 is 0 Å². The summed E-state index contributed by atoms with van der Waals surface area (Å²) >= 11 is 0. The SMILES string of the molecule is [2H]c1c([2H])c([2H])c(-c2ccc(N(c3cc(-c4ccccc4)cc(-c4ccccc4)c3)c3ccc4c(c3)c3ccccc3n4-c3ccc(-c4ccc5ccccc5c4)cc3)cc2)c([2H])c1[2H]. The molecule has 0 aliphatic heterocycles. The van der Waals surface area contributed by atoms with Crippen molar-refractivity contribution in [3.63, 3.8) is 0 Å². The van der Waals surface area contributed by atoms with Gasteiger partial charge in [-0.1, -0.05) is 170 Å². The molecule has 60 heavy (non-hydrogen) atoms. The summed E-state index contributed by atoms with van der Waals surface area (Å²) in [6.45, 7) is 0. The molecule has 1 aromatic heterocycles. The normalized spacial score (nSPS) is 12.5. The first kappa shape index (κ1) is 30.2. The average Bonchev–Trinajstić information content (AvgIpc) is 3.70. The number of rotatable bonds is 8. The highest BCUT2D eigenvalue weighted by Gasteiger charge is 2.19. The number of hydrogen-bond donors (Lipinski definition) is 0. The molecule has 10 aromatic carbocycles. The number of para-hydroxylation sites is 1. The average molecular weight is 770 g/mol. The Morgan fingerprint density at radius 1 is 0.317 bits per heavy atom. The summed E-state index contributed by atoms with van der Waals surface area (Å²) in [6.07, 6.45) is 0. The van der Waals surface area contributed by atoms with Crippen LogP contribution >= 0.6 is 0 Å².